The molecule has 7 heteroatoms. The molecule has 2 aliphatic heterocycles. The van der Waals surface area contributed by atoms with Crippen LogP contribution in [0.3, 0.4) is 0 Å². The van der Waals surface area contributed by atoms with Gasteiger partial charge in [-0.05, 0) is 41.5 Å². The maximum Gasteiger partial charge on any atom is 0.259 e. The van der Waals surface area contributed by atoms with E-state index in [2.05, 4.69) is 11.1 Å². The van der Waals surface area contributed by atoms with Crippen LogP contribution in [0.1, 0.15) is 16.7 Å². The van der Waals surface area contributed by atoms with Gasteiger partial charge in [0.15, 0.2) is 5.17 Å². The molecular weight excluding hydrogens is 452 g/mol. The molecule has 33 heavy (non-hydrogen) atoms. The molecule has 1 N–H and O–H groups in total. The lowest BCUT2D eigenvalue weighted by molar-refractivity contribution is -0.124. The topological polar surface area (TPSA) is 60.8 Å². The highest BCUT2D eigenvalue weighted by atomic mass is 35.5. The first-order valence-electron chi connectivity index (χ1n) is 10.7. The molecule has 0 radical (unpaired) electrons. The Bertz CT molecular complexity index is 1440. The van der Waals surface area contributed by atoms with Gasteiger partial charge in [0.25, 0.3) is 5.91 Å². The third kappa shape index (κ3) is 3.65. The highest BCUT2D eigenvalue weighted by Gasteiger charge is 2.41. The smallest absolute Gasteiger partial charge is 0.259 e. The normalized spacial score (nSPS) is 17.1. The SMILES string of the molecule is O=C1[C@H](Cc2c[nH]c3ccccc23)N=C2c3ccccc3N=C(SCc3ccc(Cl)cc3)N12. The fraction of sp³-hybridized carbons (Fsp3) is 0.115. The maximum atomic E-state index is 13.6. The minimum Gasteiger partial charge on any atom is -0.361 e. The van der Waals surface area contributed by atoms with Crippen molar-refractivity contribution in [2.24, 2.45) is 9.98 Å². The van der Waals surface area contributed by atoms with Gasteiger partial charge < -0.3 is 4.98 Å². The molecule has 0 aliphatic carbocycles. The molecule has 0 fully saturated rings. The van der Waals surface area contributed by atoms with Crippen LogP contribution in [0.4, 0.5) is 5.69 Å². The zero-order valence-corrected chi connectivity index (χ0v) is 19.1. The van der Waals surface area contributed by atoms with Crippen LogP contribution in [-0.2, 0) is 17.0 Å². The quantitative estimate of drug-likeness (QED) is 0.400. The summed E-state index contributed by atoms with van der Waals surface area (Å²) in [5.74, 6) is 1.34. The fourth-order valence-electron chi connectivity index (χ4n) is 4.27. The summed E-state index contributed by atoms with van der Waals surface area (Å²) in [4.78, 5) is 28.3. The van der Waals surface area contributed by atoms with Crippen molar-refractivity contribution < 1.29 is 4.79 Å². The van der Waals surface area contributed by atoms with Crippen LogP contribution in [0.5, 0.6) is 0 Å². The lowest BCUT2D eigenvalue weighted by Crippen LogP contribution is -2.41. The van der Waals surface area contributed by atoms with Crippen LogP contribution >= 0.6 is 23.4 Å². The van der Waals surface area contributed by atoms with Gasteiger partial charge in [0.2, 0.25) is 0 Å². The van der Waals surface area contributed by atoms with Crippen LogP contribution < -0.4 is 0 Å². The molecular formula is C26H19ClN4OS. The van der Waals surface area contributed by atoms with Gasteiger partial charge >= 0.3 is 0 Å². The first-order valence-corrected chi connectivity index (χ1v) is 12.1. The lowest BCUT2D eigenvalue weighted by Gasteiger charge is -2.25. The summed E-state index contributed by atoms with van der Waals surface area (Å²) >= 11 is 7.56. The van der Waals surface area contributed by atoms with Crippen molar-refractivity contribution in [1.82, 2.24) is 9.88 Å². The summed E-state index contributed by atoms with van der Waals surface area (Å²) in [5.41, 5.74) is 5.00. The summed E-state index contributed by atoms with van der Waals surface area (Å²) in [6, 6.07) is 23.2. The first kappa shape index (κ1) is 20.3. The van der Waals surface area contributed by atoms with Gasteiger partial charge in [-0.3, -0.25) is 9.79 Å². The monoisotopic (exact) mass is 470 g/mol. The maximum absolute atomic E-state index is 13.6. The van der Waals surface area contributed by atoms with E-state index in [0.717, 1.165) is 33.3 Å². The van der Waals surface area contributed by atoms with E-state index in [1.807, 2.05) is 72.9 Å². The average molecular weight is 471 g/mol. The van der Waals surface area contributed by atoms with Gasteiger partial charge in [0.1, 0.15) is 11.9 Å². The molecule has 0 saturated carbocycles. The second kappa shape index (κ2) is 8.21. The minimum absolute atomic E-state index is 0.0351. The number of benzene rings is 3. The molecule has 1 amide bonds. The largest absolute Gasteiger partial charge is 0.361 e. The minimum atomic E-state index is -0.480. The Hall–Kier alpha value is -3.35. The Kier molecular flexibility index (Phi) is 5.04. The van der Waals surface area contributed by atoms with Gasteiger partial charge in [-0.25, -0.2) is 9.89 Å². The van der Waals surface area contributed by atoms with E-state index in [9.17, 15) is 4.79 Å². The number of aliphatic imine (C=N–C) groups is 2. The molecule has 3 aromatic carbocycles. The zero-order valence-electron chi connectivity index (χ0n) is 17.5. The number of carbonyl (C=O) groups excluding carboxylic acids is 1. The van der Waals surface area contributed by atoms with E-state index in [1.54, 1.807) is 4.90 Å². The van der Waals surface area contributed by atoms with Crippen LogP contribution in [0.25, 0.3) is 10.9 Å². The number of hydrogen-bond acceptors (Lipinski definition) is 4. The molecule has 4 aromatic rings. The number of halogens is 1. The standard InChI is InChI=1S/C26H19ClN4OS/c27-18-11-9-16(10-12-18)15-33-26-30-22-8-4-2-6-20(22)24-29-23(25(32)31(24)26)13-17-14-28-21-7-3-1-5-19(17)21/h1-12,14,23,28H,13,15H2/t23-/m0/s1. The Labute approximate surface area is 200 Å². The number of nitrogens with one attached hydrogen (secondary N) is 1. The fourth-order valence-corrected chi connectivity index (χ4v) is 5.35. The number of amidine groups is 2. The van der Waals surface area contributed by atoms with E-state index in [4.69, 9.17) is 21.6 Å². The molecule has 6 rings (SSSR count). The summed E-state index contributed by atoms with van der Waals surface area (Å²) in [5, 5.41) is 2.49. The zero-order chi connectivity index (χ0) is 22.4. The Morgan fingerprint density at radius 2 is 1.79 bits per heavy atom. The van der Waals surface area contributed by atoms with Gasteiger partial charge in [-0.2, -0.15) is 0 Å². The number of rotatable bonds is 4. The van der Waals surface area contributed by atoms with E-state index < -0.39 is 6.04 Å². The third-order valence-electron chi connectivity index (χ3n) is 5.92. The Morgan fingerprint density at radius 1 is 1.00 bits per heavy atom. The highest BCUT2D eigenvalue weighted by Crippen LogP contribution is 2.35. The molecule has 0 saturated heterocycles. The first-order chi connectivity index (χ1) is 16.2. The second-order valence-corrected chi connectivity index (χ2v) is 9.41. The van der Waals surface area contributed by atoms with Crippen molar-refractivity contribution in [2.75, 3.05) is 0 Å². The van der Waals surface area contributed by atoms with Crippen LogP contribution in [0, 0.1) is 0 Å². The molecule has 162 valence electrons. The van der Waals surface area contributed by atoms with Crippen LogP contribution in [0.2, 0.25) is 5.02 Å². The van der Waals surface area contributed by atoms with Crippen molar-refractivity contribution >= 4 is 56.9 Å². The van der Waals surface area contributed by atoms with E-state index >= 15 is 0 Å². The Morgan fingerprint density at radius 3 is 2.67 bits per heavy atom. The number of H-pyrrole nitrogens is 1. The van der Waals surface area contributed by atoms with Crippen molar-refractivity contribution in [3.63, 3.8) is 0 Å². The summed E-state index contributed by atoms with van der Waals surface area (Å²) in [7, 11) is 0. The molecule has 0 spiro atoms. The van der Waals surface area contributed by atoms with Crippen molar-refractivity contribution in [1.29, 1.82) is 0 Å². The van der Waals surface area contributed by atoms with Gasteiger partial charge in [0.05, 0.1) is 5.69 Å². The lowest BCUT2D eigenvalue weighted by atomic mass is 10.1. The van der Waals surface area contributed by atoms with E-state index in [-0.39, 0.29) is 5.91 Å². The molecule has 3 heterocycles. The van der Waals surface area contributed by atoms with Crippen molar-refractivity contribution in [2.45, 2.75) is 18.2 Å². The van der Waals surface area contributed by atoms with Crippen molar-refractivity contribution in [3.05, 3.63) is 101 Å². The number of fused-ring (bicyclic) bond motifs is 4. The molecule has 0 bridgehead atoms. The molecule has 2 aliphatic rings. The van der Waals surface area contributed by atoms with Crippen LogP contribution in [0.15, 0.2) is 89.0 Å². The predicted octanol–water partition coefficient (Wildman–Crippen LogP) is 5.96. The van der Waals surface area contributed by atoms with E-state index in [1.165, 1.54) is 11.8 Å². The Balaban J connectivity index is 1.32. The van der Waals surface area contributed by atoms with Gasteiger partial charge in [0, 0.05) is 39.9 Å². The van der Waals surface area contributed by atoms with Crippen LogP contribution in [-0.4, -0.2) is 32.8 Å². The van der Waals surface area contributed by atoms with E-state index in [0.29, 0.717) is 28.2 Å². The number of nitrogens with zero attached hydrogens (tertiary/aromatic N) is 3. The highest BCUT2D eigenvalue weighted by molar-refractivity contribution is 8.13. The number of aromatic nitrogens is 1. The molecule has 1 atom stereocenters. The summed E-state index contributed by atoms with van der Waals surface area (Å²) in [6.45, 7) is 0. The number of aromatic amines is 1. The average Bonchev–Trinajstić information content (AvgIpc) is 3.40. The second-order valence-electron chi connectivity index (χ2n) is 8.03. The third-order valence-corrected chi connectivity index (χ3v) is 7.18. The molecule has 5 nitrogen and oxygen atoms in total. The number of thioether (sulfide) groups is 1. The summed E-state index contributed by atoms with van der Waals surface area (Å²) in [6.07, 6.45) is 2.52. The summed E-state index contributed by atoms with van der Waals surface area (Å²) < 4.78 is 0. The number of para-hydroxylation sites is 2. The van der Waals surface area contributed by atoms with Gasteiger partial charge in [-0.1, -0.05) is 65.8 Å². The molecule has 0 unspecified atom stereocenters. The molecule has 1 aromatic heterocycles. The van der Waals surface area contributed by atoms with Gasteiger partial charge in [-0.15, -0.1) is 0 Å². The number of hydrogen-bond donors (Lipinski definition) is 1. The van der Waals surface area contributed by atoms with Crippen molar-refractivity contribution in [3.8, 4) is 0 Å². The predicted molar refractivity (Wildman–Crippen MR) is 135 cm³/mol. The number of carbonyl (C=O) groups is 1. The number of amides is 1.